The fourth-order valence-electron chi connectivity index (χ4n) is 2.02. The monoisotopic (exact) mass is 266 g/mol. The van der Waals surface area contributed by atoms with Gasteiger partial charge in [0.25, 0.3) is 0 Å². The Hall–Kier alpha value is -1.55. The van der Waals surface area contributed by atoms with E-state index in [1.165, 1.54) is 7.11 Å². The normalized spacial score (nSPS) is 11.2. The molecule has 0 fully saturated rings. The average Bonchev–Trinajstić information content (AvgIpc) is 2.65. The number of nitrogens with zero attached hydrogens (tertiary/aromatic N) is 2. The number of carbonyl (C=O) groups excluding carboxylic acids is 1. The zero-order valence-corrected chi connectivity index (χ0v) is 11.4. The number of esters is 1. The fraction of sp³-hybridized carbons (Fsp3) is 0.385. The van der Waals surface area contributed by atoms with Gasteiger partial charge in [-0.25, -0.2) is 4.98 Å². The van der Waals surface area contributed by atoms with Crippen LogP contribution in [0.25, 0.3) is 11.0 Å². The smallest absolute Gasteiger partial charge is 0.313 e. The van der Waals surface area contributed by atoms with Crippen LogP contribution in [0.2, 0.25) is 5.02 Å². The van der Waals surface area contributed by atoms with Gasteiger partial charge >= 0.3 is 5.97 Å². The molecule has 0 atom stereocenters. The SMILES string of the molecule is COC(=O)Cc1nc2cc(Cl)ccc2n1C(C)C. The van der Waals surface area contributed by atoms with Gasteiger partial charge in [-0.2, -0.15) is 0 Å². The van der Waals surface area contributed by atoms with Gasteiger partial charge in [0.1, 0.15) is 12.2 Å². The third-order valence-electron chi connectivity index (χ3n) is 2.77. The molecule has 0 aliphatic heterocycles. The second-order valence-corrected chi connectivity index (χ2v) is 4.81. The molecule has 1 aromatic heterocycles. The minimum Gasteiger partial charge on any atom is -0.469 e. The van der Waals surface area contributed by atoms with E-state index >= 15 is 0 Å². The van der Waals surface area contributed by atoms with E-state index < -0.39 is 0 Å². The van der Waals surface area contributed by atoms with Gasteiger partial charge in [0, 0.05) is 11.1 Å². The quantitative estimate of drug-likeness (QED) is 0.802. The topological polar surface area (TPSA) is 44.1 Å². The van der Waals surface area contributed by atoms with E-state index in [4.69, 9.17) is 16.3 Å². The van der Waals surface area contributed by atoms with Crippen molar-refractivity contribution in [2.24, 2.45) is 0 Å². The zero-order chi connectivity index (χ0) is 13.3. The number of hydrogen-bond acceptors (Lipinski definition) is 3. The molecule has 0 saturated carbocycles. The fourth-order valence-corrected chi connectivity index (χ4v) is 2.19. The third-order valence-corrected chi connectivity index (χ3v) is 3.01. The Labute approximate surface area is 111 Å². The van der Waals surface area contributed by atoms with Crippen molar-refractivity contribution in [2.45, 2.75) is 26.3 Å². The molecule has 0 spiro atoms. The summed E-state index contributed by atoms with van der Waals surface area (Å²) in [5.74, 6) is 0.410. The second kappa shape index (κ2) is 4.98. The highest BCUT2D eigenvalue weighted by Crippen LogP contribution is 2.24. The third kappa shape index (κ3) is 2.34. The highest BCUT2D eigenvalue weighted by atomic mass is 35.5. The molecular formula is C13H15ClN2O2. The zero-order valence-electron chi connectivity index (χ0n) is 10.6. The number of methoxy groups -OCH3 is 1. The molecule has 0 saturated heterocycles. The van der Waals surface area contributed by atoms with Crippen molar-refractivity contribution in [1.29, 1.82) is 0 Å². The van der Waals surface area contributed by atoms with Gasteiger partial charge in [-0.05, 0) is 32.0 Å². The Morgan fingerprint density at radius 1 is 1.50 bits per heavy atom. The van der Waals surface area contributed by atoms with Gasteiger partial charge in [0.15, 0.2) is 0 Å². The first-order chi connectivity index (χ1) is 8.52. The summed E-state index contributed by atoms with van der Waals surface area (Å²) < 4.78 is 6.72. The van der Waals surface area contributed by atoms with E-state index in [1.807, 2.05) is 16.7 Å². The van der Waals surface area contributed by atoms with Crippen LogP contribution in [-0.2, 0) is 16.0 Å². The lowest BCUT2D eigenvalue weighted by molar-refractivity contribution is -0.139. The number of hydrogen-bond donors (Lipinski definition) is 0. The van der Waals surface area contributed by atoms with Crippen LogP contribution in [0, 0.1) is 0 Å². The summed E-state index contributed by atoms with van der Waals surface area (Å²) in [5, 5.41) is 0.639. The summed E-state index contributed by atoms with van der Waals surface area (Å²) in [5.41, 5.74) is 1.78. The average molecular weight is 267 g/mol. The van der Waals surface area contributed by atoms with Crippen LogP contribution in [0.5, 0.6) is 0 Å². The highest BCUT2D eigenvalue weighted by Gasteiger charge is 2.16. The Balaban J connectivity index is 2.57. The van der Waals surface area contributed by atoms with Gasteiger partial charge in [0.05, 0.1) is 18.1 Å². The lowest BCUT2D eigenvalue weighted by Crippen LogP contribution is -2.12. The second-order valence-electron chi connectivity index (χ2n) is 4.38. The summed E-state index contributed by atoms with van der Waals surface area (Å²) in [6.07, 6.45) is 0.168. The van der Waals surface area contributed by atoms with E-state index in [-0.39, 0.29) is 18.4 Å². The number of halogens is 1. The summed E-state index contributed by atoms with van der Waals surface area (Å²) in [6.45, 7) is 4.10. The number of ether oxygens (including phenoxy) is 1. The van der Waals surface area contributed by atoms with E-state index in [0.29, 0.717) is 10.8 Å². The van der Waals surface area contributed by atoms with Crippen LogP contribution in [0.3, 0.4) is 0 Å². The first kappa shape index (κ1) is 12.9. The first-order valence-corrected chi connectivity index (χ1v) is 6.14. The summed E-state index contributed by atoms with van der Waals surface area (Å²) in [4.78, 5) is 15.9. The Morgan fingerprint density at radius 3 is 2.83 bits per heavy atom. The van der Waals surface area contributed by atoms with Gasteiger partial charge in [-0.3, -0.25) is 4.79 Å². The summed E-state index contributed by atoms with van der Waals surface area (Å²) in [7, 11) is 1.38. The lowest BCUT2D eigenvalue weighted by atomic mass is 10.3. The van der Waals surface area contributed by atoms with Crippen molar-refractivity contribution in [1.82, 2.24) is 9.55 Å². The van der Waals surface area contributed by atoms with Crippen molar-refractivity contribution >= 4 is 28.6 Å². The molecule has 0 unspecified atom stereocenters. The molecule has 0 bridgehead atoms. The lowest BCUT2D eigenvalue weighted by Gasteiger charge is -2.12. The van der Waals surface area contributed by atoms with E-state index in [0.717, 1.165) is 11.0 Å². The molecule has 4 nitrogen and oxygen atoms in total. The molecule has 2 rings (SSSR count). The maximum atomic E-state index is 11.4. The van der Waals surface area contributed by atoms with Crippen LogP contribution < -0.4 is 0 Å². The molecule has 96 valence electrons. The van der Waals surface area contributed by atoms with Crippen LogP contribution in [-0.4, -0.2) is 22.6 Å². The standard InChI is InChI=1S/C13H15ClN2O2/c1-8(2)16-11-5-4-9(14)6-10(11)15-12(16)7-13(17)18-3/h4-6,8H,7H2,1-3H3. The highest BCUT2D eigenvalue weighted by molar-refractivity contribution is 6.31. The maximum Gasteiger partial charge on any atom is 0.313 e. The number of carbonyl (C=O) groups is 1. The predicted octanol–water partition coefficient (Wildman–Crippen LogP) is 2.99. The minimum atomic E-state index is -0.293. The van der Waals surface area contributed by atoms with Gasteiger partial charge < -0.3 is 9.30 Å². The molecule has 0 aliphatic carbocycles. The van der Waals surface area contributed by atoms with Gasteiger partial charge in [-0.15, -0.1) is 0 Å². The molecule has 0 aliphatic rings. The first-order valence-electron chi connectivity index (χ1n) is 5.76. The largest absolute Gasteiger partial charge is 0.469 e. The van der Waals surface area contributed by atoms with E-state index in [2.05, 4.69) is 18.8 Å². The molecular weight excluding hydrogens is 252 g/mol. The number of rotatable bonds is 3. The molecule has 0 radical (unpaired) electrons. The van der Waals surface area contributed by atoms with Crippen LogP contribution >= 0.6 is 11.6 Å². The molecule has 0 amide bonds. The Morgan fingerprint density at radius 2 is 2.22 bits per heavy atom. The van der Waals surface area contributed by atoms with Crippen LogP contribution in [0.4, 0.5) is 0 Å². The Kier molecular flexibility index (Phi) is 3.57. The predicted molar refractivity (Wildman–Crippen MR) is 70.8 cm³/mol. The number of benzene rings is 1. The molecule has 1 heterocycles. The number of fused-ring (bicyclic) bond motifs is 1. The van der Waals surface area contributed by atoms with Crippen LogP contribution in [0.1, 0.15) is 25.7 Å². The maximum absolute atomic E-state index is 11.4. The molecule has 0 N–H and O–H groups in total. The Bertz CT molecular complexity index is 590. The molecule has 18 heavy (non-hydrogen) atoms. The van der Waals surface area contributed by atoms with Crippen molar-refractivity contribution in [3.63, 3.8) is 0 Å². The molecule has 5 heteroatoms. The molecule has 1 aromatic carbocycles. The summed E-state index contributed by atoms with van der Waals surface area (Å²) >= 11 is 5.95. The van der Waals surface area contributed by atoms with Crippen molar-refractivity contribution in [3.8, 4) is 0 Å². The van der Waals surface area contributed by atoms with Crippen molar-refractivity contribution < 1.29 is 9.53 Å². The molecule has 2 aromatic rings. The van der Waals surface area contributed by atoms with Crippen molar-refractivity contribution in [3.05, 3.63) is 29.0 Å². The van der Waals surface area contributed by atoms with E-state index in [1.54, 1.807) is 6.07 Å². The number of imidazole rings is 1. The number of aromatic nitrogens is 2. The van der Waals surface area contributed by atoms with Gasteiger partial charge in [0.2, 0.25) is 0 Å². The van der Waals surface area contributed by atoms with E-state index in [9.17, 15) is 4.79 Å². The summed E-state index contributed by atoms with van der Waals surface area (Å²) in [6, 6.07) is 5.77. The minimum absolute atomic E-state index is 0.168. The van der Waals surface area contributed by atoms with Gasteiger partial charge in [-0.1, -0.05) is 11.6 Å². The van der Waals surface area contributed by atoms with Crippen LogP contribution in [0.15, 0.2) is 18.2 Å². The van der Waals surface area contributed by atoms with Crippen molar-refractivity contribution in [2.75, 3.05) is 7.11 Å².